The molecule has 0 spiro atoms. The summed E-state index contributed by atoms with van der Waals surface area (Å²) in [5, 5.41) is 1.23. The molecule has 112 valence electrons. The van der Waals surface area contributed by atoms with Crippen molar-refractivity contribution in [3.63, 3.8) is 0 Å². The average molecular weight is 326 g/mol. The van der Waals surface area contributed by atoms with Gasteiger partial charge in [-0.2, -0.15) is 0 Å². The van der Waals surface area contributed by atoms with Gasteiger partial charge < -0.3 is 4.74 Å². The molecule has 7 heteroatoms. The van der Waals surface area contributed by atoms with Gasteiger partial charge in [0.05, 0.1) is 16.5 Å². The van der Waals surface area contributed by atoms with Gasteiger partial charge in [0, 0.05) is 24.7 Å². The number of halogens is 1. The predicted octanol–water partition coefficient (Wildman–Crippen LogP) is 2.42. The Hall–Kier alpha value is -1.24. The van der Waals surface area contributed by atoms with Gasteiger partial charge in [0.15, 0.2) is 0 Å². The third-order valence-electron chi connectivity index (χ3n) is 3.63. The molecular formula is C14H16ClN3O2S. The van der Waals surface area contributed by atoms with Gasteiger partial charge in [0.2, 0.25) is 0 Å². The summed E-state index contributed by atoms with van der Waals surface area (Å²) in [5.74, 6) is 0.773. The molecule has 1 aliphatic heterocycles. The maximum Gasteiger partial charge on any atom is 0.140 e. The number of benzene rings is 1. The summed E-state index contributed by atoms with van der Waals surface area (Å²) in [6, 6.07) is 5.66. The molecule has 0 saturated carbocycles. The van der Waals surface area contributed by atoms with E-state index in [-0.39, 0.29) is 6.10 Å². The number of fused-ring (bicyclic) bond motifs is 1. The molecule has 0 amide bonds. The van der Waals surface area contributed by atoms with Gasteiger partial charge in [0.25, 0.3) is 0 Å². The van der Waals surface area contributed by atoms with Crippen LogP contribution in [-0.2, 0) is 11.0 Å². The minimum absolute atomic E-state index is 0.144. The number of hydrogen-bond donors (Lipinski definition) is 0. The highest BCUT2D eigenvalue weighted by atomic mass is 35.5. The lowest BCUT2D eigenvalue weighted by Gasteiger charge is -2.30. The summed E-state index contributed by atoms with van der Waals surface area (Å²) >= 11 is 6.08. The van der Waals surface area contributed by atoms with Crippen molar-refractivity contribution in [1.82, 2.24) is 14.3 Å². The minimum atomic E-state index is -0.891. The number of hydrogen-bond acceptors (Lipinski definition) is 4. The summed E-state index contributed by atoms with van der Waals surface area (Å²) in [4.78, 5) is 8.15. The van der Waals surface area contributed by atoms with Crippen molar-refractivity contribution < 1.29 is 8.95 Å². The number of piperidine rings is 1. The van der Waals surface area contributed by atoms with Gasteiger partial charge in [-0.15, -0.1) is 0 Å². The van der Waals surface area contributed by atoms with Crippen molar-refractivity contribution in [2.75, 3.05) is 19.3 Å². The Balaban J connectivity index is 1.71. The Kier molecular flexibility index (Phi) is 4.37. The fraction of sp³-hybridized carbons (Fsp3) is 0.429. The van der Waals surface area contributed by atoms with E-state index in [0.717, 1.165) is 42.6 Å². The summed E-state index contributed by atoms with van der Waals surface area (Å²) in [7, 11) is -0.891. The van der Waals surface area contributed by atoms with Gasteiger partial charge in [0.1, 0.15) is 23.3 Å². The molecule has 0 aliphatic carbocycles. The molecule has 0 bridgehead atoms. The largest absolute Gasteiger partial charge is 0.490 e. The van der Waals surface area contributed by atoms with E-state index in [1.807, 2.05) is 22.5 Å². The molecule has 1 atom stereocenters. The minimum Gasteiger partial charge on any atom is -0.490 e. The van der Waals surface area contributed by atoms with Gasteiger partial charge in [-0.3, -0.25) is 0 Å². The standard InChI is InChI=1S/C14H16ClN3O2S/c1-21(19)18-6-4-10(5-7-18)20-11-2-3-13-12(8-11)14(15)17-9-16-13/h2-3,8-10H,4-7H2,1H3. The summed E-state index contributed by atoms with van der Waals surface area (Å²) in [6.07, 6.45) is 5.05. The Morgan fingerprint density at radius 1 is 1.33 bits per heavy atom. The third-order valence-corrected chi connectivity index (χ3v) is 5.02. The van der Waals surface area contributed by atoms with E-state index in [1.165, 1.54) is 6.33 Å². The number of nitrogens with zero attached hydrogens (tertiary/aromatic N) is 3. The molecule has 1 fully saturated rings. The fourth-order valence-electron chi connectivity index (χ4n) is 2.48. The number of aromatic nitrogens is 2. The first-order valence-corrected chi connectivity index (χ1v) is 8.68. The summed E-state index contributed by atoms with van der Waals surface area (Å²) < 4.78 is 19.4. The van der Waals surface area contributed by atoms with Crippen molar-refractivity contribution >= 4 is 33.5 Å². The van der Waals surface area contributed by atoms with E-state index in [0.29, 0.717) is 5.15 Å². The van der Waals surface area contributed by atoms with E-state index in [2.05, 4.69) is 9.97 Å². The monoisotopic (exact) mass is 325 g/mol. The molecule has 1 saturated heterocycles. The first kappa shape index (κ1) is 14.7. The molecular weight excluding hydrogens is 310 g/mol. The van der Waals surface area contributed by atoms with Crippen molar-refractivity contribution in [1.29, 1.82) is 0 Å². The van der Waals surface area contributed by atoms with E-state index >= 15 is 0 Å². The highest BCUT2D eigenvalue weighted by molar-refractivity contribution is 7.81. The Morgan fingerprint density at radius 3 is 2.81 bits per heavy atom. The molecule has 2 aromatic rings. The second-order valence-corrected chi connectivity index (χ2v) is 6.74. The van der Waals surface area contributed by atoms with Crippen LogP contribution in [0.25, 0.3) is 10.9 Å². The van der Waals surface area contributed by atoms with Crippen LogP contribution in [0.4, 0.5) is 0 Å². The van der Waals surface area contributed by atoms with Crippen molar-refractivity contribution in [3.8, 4) is 5.75 Å². The molecule has 2 heterocycles. The van der Waals surface area contributed by atoms with Crippen LogP contribution >= 0.6 is 11.6 Å². The van der Waals surface area contributed by atoms with Crippen LogP contribution in [0.1, 0.15) is 12.8 Å². The Bertz CT molecular complexity index is 674. The molecule has 1 aromatic carbocycles. The maximum atomic E-state index is 11.4. The predicted molar refractivity (Wildman–Crippen MR) is 83.8 cm³/mol. The summed E-state index contributed by atoms with van der Waals surface area (Å²) in [6.45, 7) is 1.59. The fourth-order valence-corrected chi connectivity index (χ4v) is 3.40. The lowest BCUT2D eigenvalue weighted by Crippen LogP contribution is -2.38. The van der Waals surface area contributed by atoms with Gasteiger partial charge >= 0.3 is 0 Å². The van der Waals surface area contributed by atoms with Crippen LogP contribution in [0.5, 0.6) is 5.75 Å². The molecule has 0 radical (unpaired) electrons. The van der Waals surface area contributed by atoms with Gasteiger partial charge in [-0.05, 0) is 31.0 Å². The second kappa shape index (κ2) is 6.25. The molecule has 1 aromatic heterocycles. The van der Waals surface area contributed by atoms with Crippen molar-refractivity contribution in [2.24, 2.45) is 0 Å². The number of ether oxygens (including phenoxy) is 1. The van der Waals surface area contributed by atoms with Crippen LogP contribution in [0.3, 0.4) is 0 Å². The normalized spacial score (nSPS) is 18.8. The van der Waals surface area contributed by atoms with Gasteiger partial charge in [-0.1, -0.05) is 11.6 Å². The highest BCUT2D eigenvalue weighted by Crippen LogP contribution is 2.26. The smallest absolute Gasteiger partial charge is 0.140 e. The van der Waals surface area contributed by atoms with Crippen LogP contribution in [0, 0.1) is 0 Å². The lowest BCUT2D eigenvalue weighted by molar-refractivity contribution is 0.137. The average Bonchev–Trinajstić information content (AvgIpc) is 2.49. The van der Waals surface area contributed by atoms with Crippen LogP contribution in [0.2, 0.25) is 5.15 Å². The highest BCUT2D eigenvalue weighted by Gasteiger charge is 2.22. The summed E-state index contributed by atoms with van der Waals surface area (Å²) in [5.41, 5.74) is 0.804. The van der Waals surface area contributed by atoms with Gasteiger partial charge in [-0.25, -0.2) is 18.5 Å². The van der Waals surface area contributed by atoms with E-state index in [9.17, 15) is 4.21 Å². The molecule has 1 unspecified atom stereocenters. The molecule has 21 heavy (non-hydrogen) atoms. The molecule has 1 aliphatic rings. The zero-order valence-corrected chi connectivity index (χ0v) is 13.2. The van der Waals surface area contributed by atoms with E-state index in [4.69, 9.17) is 16.3 Å². The Morgan fingerprint density at radius 2 is 2.10 bits per heavy atom. The molecule has 5 nitrogen and oxygen atoms in total. The topological polar surface area (TPSA) is 55.3 Å². The SMILES string of the molecule is CS(=O)N1CCC(Oc2ccc3ncnc(Cl)c3c2)CC1. The lowest BCUT2D eigenvalue weighted by atomic mass is 10.1. The van der Waals surface area contributed by atoms with Crippen molar-refractivity contribution in [3.05, 3.63) is 29.7 Å². The number of rotatable bonds is 3. The molecule has 0 N–H and O–H groups in total. The van der Waals surface area contributed by atoms with Crippen LogP contribution in [0.15, 0.2) is 24.5 Å². The maximum absolute atomic E-state index is 11.4. The Labute approximate surface area is 130 Å². The molecule has 3 rings (SSSR count). The van der Waals surface area contributed by atoms with Crippen LogP contribution in [-0.4, -0.2) is 43.9 Å². The zero-order valence-electron chi connectivity index (χ0n) is 11.7. The first-order chi connectivity index (χ1) is 10.1. The zero-order chi connectivity index (χ0) is 14.8. The third kappa shape index (κ3) is 3.33. The van der Waals surface area contributed by atoms with Crippen molar-refractivity contribution in [2.45, 2.75) is 18.9 Å². The van der Waals surface area contributed by atoms with E-state index in [1.54, 1.807) is 6.26 Å². The first-order valence-electron chi connectivity index (χ1n) is 6.79. The second-order valence-electron chi connectivity index (χ2n) is 5.01. The van der Waals surface area contributed by atoms with Crippen LogP contribution < -0.4 is 4.74 Å². The van der Waals surface area contributed by atoms with E-state index < -0.39 is 11.0 Å². The quantitative estimate of drug-likeness (QED) is 0.813.